The van der Waals surface area contributed by atoms with Crippen LogP contribution in [0.1, 0.15) is 91.4 Å². The SMILES string of the molecule is CC(=O)C1CCC2C3CCC4CC(C)CCC4(C4CC4)C3CCC12C. The summed E-state index contributed by atoms with van der Waals surface area (Å²) >= 11 is 0. The molecule has 1 heteroatoms. The van der Waals surface area contributed by atoms with Crippen LogP contribution in [0.15, 0.2) is 0 Å². The Morgan fingerprint density at radius 1 is 0.840 bits per heavy atom. The van der Waals surface area contributed by atoms with Gasteiger partial charge < -0.3 is 0 Å². The second-order valence-corrected chi connectivity index (χ2v) is 11.2. The largest absolute Gasteiger partial charge is 0.300 e. The maximum atomic E-state index is 12.3. The van der Waals surface area contributed by atoms with Gasteiger partial charge in [0.15, 0.2) is 0 Å². The summed E-state index contributed by atoms with van der Waals surface area (Å²) in [6.45, 7) is 6.89. The van der Waals surface area contributed by atoms with E-state index in [-0.39, 0.29) is 0 Å². The van der Waals surface area contributed by atoms with Crippen molar-refractivity contribution in [2.45, 2.75) is 91.4 Å². The summed E-state index contributed by atoms with van der Waals surface area (Å²) in [6, 6.07) is 0. The van der Waals surface area contributed by atoms with E-state index < -0.39 is 0 Å². The number of Topliss-reactive ketones (excluding diaryl/α,β-unsaturated/α-hetero) is 1. The maximum Gasteiger partial charge on any atom is 0.133 e. The molecule has 0 aromatic rings. The number of hydrogen-bond donors (Lipinski definition) is 0. The Labute approximate surface area is 154 Å². The minimum absolute atomic E-state index is 0.340. The van der Waals surface area contributed by atoms with Gasteiger partial charge in [-0.15, -0.1) is 0 Å². The van der Waals surface area contributed by atoms with E-state index in [1.54, 1.807) is 6.42 Å². The van der Waals surface area contributed by atoms with Crippen molar-refractivity contribution in [2.24, 2.45) is 52.3 Å². The van der Waals surface area contributed by atoms with Crippen molar-refractivity contribution in [3.8, 4) is 0 Å². The Morgan fingerprint density at radius 2 is 1.60 bits per heavy atom. The Morgan fingerprint density at radius 3 is 2.32 bits per heavy atom. The molecule has 0 aliphatic heterocycles. The quantitative estimate of drug-likeness (QED) is 0.579. The molecule has 0 saturated heterocycles. The lowest BCUT2D eigenvalue weighted by Gasteiger charge is -2.62. The Kier molecular flexibility index (Phi) is 3.76. The van der Waals surface area contributed by atoms with Crippen LogP contribution in [0.3, 0.4) is 0 Å². The number of ketones is 1. The van der Waals surface area contributed by atoms with E-state index >= 15 is 0 Å². The standard InChI is InChI=1S/C24H38O/c1-15-10-13-24(17-4-5-17)18(14-15)6-7-19-21-9-8-20(16(2)25)23(21,3)12-11-22(19)24/h15,17-22H,4-14H2,1-3H3. The van der Waals surface area contributed by atoms with Crippen LogP contribution in [0.25, 0.3) is 0 Å². The molecule has 5 rings (SSSR count). The Balaban J connectivity index is 1.48. The van der Waals surface area contributed by atoms with Crippen molar-refractivity contribution >= 4 is 5.78 Å². The van der Waals surface area contributed by atoms with E-state index in [0.29, 0.717) is 17.1 Å². The van der Waals surface area contributed by atoms with Gasteiger partial charge in [0, 0.05) is 5.92 Å². The predicted octanol–water partition coefficient (Wildman–Crippen LogP) is 6.26. The Hall–Kier alpha value is -0.330. The van der Waals surface area contributed by atoms with Crippen LogP contribution in [0.4, 0.5) is 0 Å². The van der Waals surface area contributed by atoms with Crippen LogP contribution in [-0.4, -0.2) is 5.78 Å². The molecule has 5 fully saturated rings. The van der Waals surface area contributed by atoms with Gasteiger partial charge in [-0.1, -0.05) is 20.3 Å². The number of rotatable bonds is 2. The lowest BCUT2D eigenvalue weighted by Crippen LogP contribution is -2.55. The average molecular weight is 343 g/mol. The van der Waals surface area contributed by atoms with Crippen molar-refractivity contribution in [1.29, 1.82) is 0 Å². The summed E-state index contributed by atoms with van der Waals surface area (Å²) in [4.78, 5) is 12.3. The first-order valence-corrected chi connectivity index (χ1v) is 11.5. The second kappa shape index (κ2) is 5.59. The average Bonchev–Trinajstić information content (AvgIpc) is 3.36. The molecule has 0 aromatic heterocycles. The number of carbonyl (C=O) groups excluding carboxylic acids is 1. The molecule has 0 amide bonds. The monoisotopic (exact) mass is 342 g/mol. The highest BCUT2D eigenvalue weighted by Gasteiger charge is 2.64. The van der Waals surface area contributed by atoms with Gasteiger partial charge in [-0.25, -0.2) is 0 Å². The van der Waals surface area contributed by atoms with Crippen LogP contribution in [0.5, 0.6) is 0 Å². The fourth-order valence-electron chi connectivity index (χ4n) is 9.28. The van der Waals surface area contributed by atoms with Crippen LogP contribution in [0, 0.1) is 52.3 Å². The molecule has 0 aromatic carbocycles. The molecular weight excluding hydrogens is 304 g/mol. The molecule has 0 bridgehead atoms. The molecule has 0 radical (unpaired) electrons. The summed E-state index contributed by atoms with van der Waals surface area (Å²) in [5.74, 6) is 6.77. The van der Waals surface area contributed by atoms with Crippen LogP contribution >= 0.6 is 0 Å². The topological polar surface area (TPSA) is 17.1 Å². The summed E-state index contributed by atoms with van der Waals surface area (Å²) in [5, 5.41) is 0. The smallest absolute Gasteiger partial charge is 0.133 e. The highest BCUT2D eigenvalue weighted by molar-refractivity contribution is 5.79. The molecule has 0 heterocycles. The molecule has 8 unspecified atom stereocenters. The normalized spacial score (nSPS) is 55.2. The molecule has 140 valence electrons. The van der Waals surface area contributed by atoms with Gasteiger partial charge in [0.2, 0.25) is 0 Å². The molecule has 5 aliphatic carbocycles. The van der Waals surface area contributed by atoms with Crippen molar-refractivity contribution in [3.63, 3.8) is 0 Å². The van der Waals surface area contributed by atoms with Gasteiger partial charge in [0.05, 0.1) is 0 Å². The van der Waals surface area contributed by atoms with E-state index in [1.807, 2.05) is 6.92 Å². The molecule has 5 saturated carbocycles. The van der Waals surface area contributed by atoms with E-state index in [0.717, 1.165) is 40.9 Å². The van der Waals surface area contributed by atoms with Gasteiger partial charge in [0.25, 0.3) is 0 Å². The zero-order chi connectivity index (χ0) is 17.4. The van der Waals surface area contributed by atoms with Crippen LogP contribution < -0.4 is 0 Å². The highest BCUT2D eigenvalue weighted by Crippen LogP contribution is 2.72. The van der Waals surface area contributed by atoms with Crippen molar-refractivity contribution in [2.75, 3.05) is 0 Å². The summed E-state index contributed by atoms with van der Waals surface area (Å²) in [6.07, 6.45) is 16.0. The molecular formula is C24H38O. The number of fused-ring (bicyclic) bond motifs is 5. The van der Waals surface area contributed by atoms with Gasteiger partial charge in [0.1, 0.15) is 5.78 Å². The predicted molar refractivity (Wildman–Crippen MR) is 102 cm³/mol. The van der Waals surface area contributed by atoms with Gasteiger partial charge in [-0.05, 0) is 117 Å². The van der Waals surface area contributed by atoms with Crippen molar-refractivity contribution in [3.05, 3.63) is 0 Å². The third kappa shape index (κ3) is 2.23. The van der Waals surface area contributed by atoms with Gasteiger partial charge in [-0.2, -0.15) is 0 Å². The van der Waals surface area contributed by atoms with Gasteiger partial charge >= 0.3 is 0 Å². The number of carbonyl (C=O) groups is 1. The highest BCUT2D eigenvalue weighted by atomic mass is 16.1. The van der Waals surface area contributed by atoms with Crippen LogP contribution in [0.2, 0.25) is 0 Å². The van der Waals surface area contributed by atoms with E-state index in [9.17, 15) is 4.79 Å². The zero-order valence-electron chi connectivity index (χ0n) is 16.7. The maximum absolute atomic E-state index is 12.3. The van der Waals surface area contributed by atoms with E-state index in [2.05, 4.69) is 13.8 Å². The summed E-state index contributed by atoms with van der Waals surface area (Å²) in [7, 11) is 0. The zero-order valence-corrected chi connectivity index (χ0v) is 16.7. The van der Waals surface area contributed by atoms with E-state index in [4.69, 9.17) is 0 Å². The first kappa shape index (κ1) is 16.8. The van der Waals surface area contributed by atoms with Crippen LogP contribution in [-0.2, 0) is 4.79 Å². The lowest BCUT2D eigenvalue weighted by molar-refractivity contribution is -0.144. The summed E-state index contributed by atoms with van der Waals surface area (Å²) < 4.78 is 0. The third-order valence-corrected chi connectivity index (χ3v) is 10.3. The second-order valence-electron chi connectivity index (χ2n) is 11.2. The first-order chi connectivity index (χ1) is 12.0. The fraction of sp³-hybridized carbons (Fsp3) is 0.958. The minimum atomic E-state index is 0.340. The third-order valence-electron chi connectivity index (χ3n) is 10.3. The molecule has 0 N–H and O–H groups in total. The minimum Gasteiger partial charge on any atom is -0.300 e. The molecule has 0 spiro atoms. The molecule has 8 atom stereocenters. The summed E-state index contributed by atoms with van der Waals surface area (Å²) in [5.41, 5.74) is 1.07. The molecule has 5 aliphatic rings. The van der Waals surface area contributed by atoms with E-state index in [1.165, 1.54) is 64.2 Å². The van der Waals surface area contributed by atoms with Crippen molar-refractivity contribution in [1.82, 2.24) is 0 Å². The fourth-order valence-corrected chi connectivity index (χ4v) is 9.28. The molecule has 1 nitrogen and oxygen atoms in total. The lowest BCUT2D eigenvalue weighted by atomic mass is 9.42. The van der Waals surface area contributed by atoms with Crippen molar-refractivity contribution < 1.29 is 4.79 Å². The first-order valence-electron chi connectivity index (χ1n) is 11.5. The molecule has 25 heavy (non-hydrogen) atoms. The van der Waals surface area contributed by atoms with Gasteiger partial charge in [-0.3, -0.25) is 4.79 Å². The number of hydrogen-bond acceptors (Lipinski definition) is 1. The Bertz CT molecular complexity index is 562.